The first kappa shape index (κ1) is 12.4. The molecule has 0 aromatic heterocycles. The van der Waals surface area contributed by atoms with E-state index in [4.69, 9.17) is 0 Å². The topological polar surface area (TPSA) is 61.4 Å². The maximum absolute atomic E-state index is 12.1. The average Bonchev–Trinajstić information content (AvgIpc) is 3.00. The molecule has 1 saturated carbocycles. The van der Waals surface area contributed by atoms with Crippen molar-refractivity contribution in [2.24, 2.45) is 11.8 Å². The molecule has 2 aliphatic heterocycles. The van der Waals surface area contributed by atoms with E-state index in [9.17, 15) is 9.90 Å². The molecular formula is C14H24N2O2. The van der Waals surface area contributed by atoms with Crippen LogP contribution in [0.15, 0.2) is 0 Å². The number of aliphatic hydroxyl groups excluding tert-OH is 1. The molecule has 2 heterocycles. The molecule has 0 radical (unpaired) electrons. The normalized spacial score (nSPS) is 43.1. The van der Waals surface area contributed by atoms with Crippen LogP contribution in [0.1, 0.15) is 44.9 Å². The average molecular weight is 252 g/mol. The Kier molecular flexibility index (Phi) is 3.57. The predicted octanol–water partition coefficient (Wildman–Crippen LogP) is 0.794. The summed E-state index contributed by atoms with van der Waals surface area (Å²) in [5, 5.41) is 16.1. The van der Waals surface area contributed by atoms with Crippen LogP contribution in [0.5, 0.6) is 0 Å². The number of carbonyl (C=O) groups excluding carboxylic acids is 1. The van der Waals surface area contributed by atoms with E-state index in [0.29, 0.717) is 18.0 Å². The molecule has 18 heavy (non-hydrogen) atoms. The number of rotatable bonds is 3. The highest BCUT2D eigenvalue weighted by atomic mass is 16.3. The standard InChI is InChI=1S/C14H24N2O2/c17-11-4-1-9(2-5-11)8-15-14(18)12-7-10-3-6-13(12)16-10/h9-13,16-17H,1-8H2,(H,15,18). The number of hydrogen-bond acceptors (Lipinski definition) is 3. The second-order valence-corrected chi connectivity index (χ2v) is 6.31. The highest BCUT2D eigenvalue weighted by Crippen LogP contribution is 2.33. The van der Waals surface area contributed by atoms with Crippen molar-refractivity contribution in [3.63, 3.8) is 0 Å². The van der Waals surface area contributed by atoms with E-state index in [2.05, 4.69) is 10.6 Å². The molecule has 102 valence electrons. The number of hydrogen-bond donors (Lipinski definition) is 3. The molecular weight excluding hydrogens is 228 g/mol. The van der Waals surface area contributed by atoms with Gasteiger partial charge in [-0.3, -0.25) is 4.79 Å². The smallest absolute Gasteiger partial charge is 0.224 e. The Morgan fingerprint density at radius 2 is 1.94 bits per heavy atom. The fourth-order valence-corrected chi connectivity index (χ4v) is 3.84. The fourth-order valence-electron chi connectivity index (χ4n) is 3.84. The van der Waals surface area contributed by atoms with Crippen LogP contribution in [-0.4, -0.2) is 35.7 Å². The molecule has 1 aliphatic carbocycles. The summed E-state index contributed by atoms with van der Waals surface area (Å²) >= 11 is 0. The molecule has 0 aromatic carbocycles. The Morgan fingerprint density at radius 3 is 2.56 bits per heavy atom. The summed E-state index contributed by atoms with van der Waals surface area (Å²) in [6, 6.07) is 1.03. The molecule has 3 rings (SSSR count). The zero-order chi connectivity index (χ0) is 12.5. The van der Waals surface area contributed by atoms with E-state index < -0.39 is 0 Å². The highest BCUT2D eigenvalue weighted by Gasteiger charge is 2.42. The lowest BCUT2D eigenvalue weighted by atomic mass is 9.86. The van der Waals surface area contributed by atoms with Gasteiger partial charge in [-0.05, 0) is 50.9 Å². The van der Waals surface area contributed by atoms with Crippen molar-refractivity contribution in [1.29, 1.82) is 0 Å². The zero-order valence-electron chi connectivity index (χ0n) is 10.9. The number of amides is 1. The Balaban J connectivity index is 1.42. The molecule has 3 fully saturated rings. The lowest BCUT2D eigenvalue weighted by molar-refractivity contribution is -0.125. The molecule has 2 bridgehead atoms. The summed E-state index contributed by atoms with van der Waals surface area (Å²) in [6.07, 6.45) is 7.23. The molecule has 0 aromatic rings. The third kappa shape index (κ3) is 2.54. The third-order valence-corrected chi connectivity index (χ3v) is 5.02. The Morgan fingerprint density at radius 1 is 1.17 bits per heavy atom. The molecule has 0 spiro atoms. The summed E-state index contributed by atoms with van der Waals surface area (Å²) in [7, 11) is 0. The number of aliphatic hydroxyl groups is 1. The second kappa shape index (κ2) is 5.17. The second-order valence-electron chi connectivity index (χ2n) is 6.31. The van der Waals surface area contributed by atoms with Gasteiger partial charge in [-0.15, -0.1) is 0 Å². The van der Waals surface area contributed by atoms with Crippen LogP contribution in [0.4, 0.5) is 0 Å². The van der Waals surface area contributed by atoms with Crippen molar-refractivity contribution in [3.8, 4) is 0 Å². The summed E-state index contributed by atoms with van der Waals surface area (Å²) < 4.78 is 0. The van der Waals surface area contributed by atoms with Crippen molar-refractivity contribution in [1.82, 2.24) is 10.6 Å². The first-order chi connectivity index (χ1) is 8.72. The van der Waals surface area contributed by atoms with Crippen molar-refractivity contribution in [3.05, 3.63) is 0 Å². The number of nitrogens with one attached hydrogen (secondary N) is 2. The highest BCUT2D eigenvalue weighted by molar-refractivity contribution is 5.80. The van der Waals surface area contributed by atoms with Crippen LogP contribution >= 0.6 is 0 Å². The van der Waals surface area contributed by atoms with Gasteiger partial charge >= 0.3 is 0 Å². The predicted molar refractivity (Wildman–Crippen MR) is 69.0 cm³/mol. The summed E-state index contributed by atoms with van der Waals surface area (Å²) in [5.74, 6) is 1.03. The third-order valence-electron chi connectivity index (χ3n) is 5.02. The maximum atomic E-state index is 12.1. The van der Waals surface area contributed by atoms with Gasteiger partial charge in [0.05, 0.1) is 12.0 Å². The molecule has 3 unspecified atom stereocenters. The molecule has 4 heteroatoms. The van der Waals surface area contributed by atoms with E-state index in [-0.39, 0.29) is 17.9 Å². The van der Waals surface area contributed by atoms with E-state index in [0.717, 1.165) is 38.6 Å². The van der Waals surface area contributed by atoms with Gasteiger partial charge < -0.3 is 15.7 Å². The van der Waals surface area contributed by atoms with Gasteiger partial charge in [-0.25, -0.2) is 0 Å². The maximum Gasteiger partial charge on any atom is 0.224 e. The lowest BCUT2D eigenvalue weighted by Gasteiger charge is -2.26. The van der Waals surface area contributed by atoms with Gasteiger partial charge in [0.15, 0.2) is 0 Å². The van der Waals surface area contributed by atoms with E-state index in [1.54, 1.807) is 0 Å². The largest absolute Gasteiger partial charge is 0.393 e. The number of carbonyl (C=O) groups is 1. The minimum absolute atomic E-state index is 0.105. The minimum atomic E-state index is -0.105. The summed E-state index contributed by atoms with van der Waals surface area (Å²) in [6.45, 7) is 0.805. The van der Waals surface area contributed by atoms with Gasteiger partial charge in [0, 0.05) is 18.6 Å². The molecule has 1 amide bonds. The Bertz CT molecular complexity index is 313. The van der Waals surface area contributed by atoms with E-state index in [1.165, 1.54) is 12.8 Å². The minimum Gasteiger partial charge on any atom is -0.393 e. The van der Waals surface area contributed by atoms with Crippen LogP contribution in [0, 0.1) is 11.8 Å². The SMILES string of the molecule is O=C(NCC1CCC(O)CC1)C1CC2CCC1N2. The summed E-state index contributed by atoms with van der Waals surface area (Å²) in [5.41, 5.74) is 0. The van der Waals surface area contributed by atoms with Crippen LogP contribution in [-0.2, 0) is 4.79 Å². The Labute approximate surface area is 109 Å². The van der Waals surface area contributed by atoms with Crippen molar-refractivity contribution in [2.45, 2.75) is 63.1 Å². The molecule has 3 aliphatic rings. The van der Waals surface area contributed by atoms with Crippen molar-refractivity contribution in [2.75, 3.05) is 6.54 Å². The van der Waals surface area contributed by atoms with Gasteiger partial charge in [-0.1, -0.05) is 0 Å². The molecule has 2 saturated heterocycles. The van der Waals surface area contributed by atoms with Crippen LogP contribution in [0.25, 0.3) is 0 Å². The van der Waals surface area contributed by atoms with Gasteiger partial charge in [-0.2, -0.15) is 0 Å². The first-order valence-electron chi connectivity index (χ1n) is 7.44. The monoisotopic (exact) mass is 252 g/mol. The Hall–Kier alpha value is -0.610. The van der Waals surface area contributed by atoms with Crippen LogP contribution < -0.4 is 10.6 Å². The summed E-state index contributed by atoms with van der Waals surface area (Å²) in [4.78, 5) is 12.1. The van der Waals surface area contributed by atoms with Crippen molar-refractivity contribution >= 4 is 5.91 Å². The fraction of sp³-hybridized carbons (Fsp3) is 0.929. The van der Waals surface area contributed by atoms with Crippen molar-refractivity contribution < 1.29 is 9.90 Å². The molecule has 3 atom stereocenters. The van der Waals surface area contributed by atoms with E-state index in [1.807, 2.05) is 0 Å². The van der Waals surface area contributed by atoms with Gasteiger partial charge in [0.25, 0.3) is 0 Å². The van der Waals surface area contributed by atoms with E-state index >= 15 is 0 Å². The van der Waals surface area contributed by atoms with Crippen LogP contribution in [0.3, 0.4) is 0 Å². The first-order valence-corrected chi connectivity index (χ1v) is 7.44. The molecule has 3 N–H and O–H groups in total. The number of fused-ring (bicyclic) bond motifs is 2. The van der Waals surface area contributed by atoms with Crippen LogP contribution in [0.2, 0.25) is 0 Å². The lowest BCUT2D eigenvalue weighted by Crippen LogP contribution is -2.40. The zero-order valence-corrected chi connectivity index (χ0v) is 10.9. The molecule has 4 nitrogen and oxygen atoms in total. The quantitative estimate of drug-likeness (QED) is 0.696. The van der Waals surface area contributed by atoms with Gasteiger partial charge in [0.1, 0.15) is 0 Å². The van der Waals surface area contributed by atoms with Gasteiger partial charge in [0.2, 0.25) is 5.91 Å².